The summed E-state index contributed by atoms with van der Waals surface area (Å²) in [7, 11) is 0. The third kappa shape index (κ3) is 4.20. The van der Waals surface area contributed by atoms with Crippen LogP contribution in [0, 0.1) is 34.8 Å². The summed E-state index contributed by atoms with van der Waals surface area (Å²) in [6.07, 6.45) is 0.439. The van der Waals surface area contributed by atoms with Crippen LogP contribution in [0.25, 0.3) is 0 Å². The normalized spacial score (nSPS) is 9.22. The average molecular weight is 265 g/mol. The number of carbonyl (C=O) groups excluding carboxylic acids is 1. The van der Waals surface area contributed by atoms with Gasteiger partial charge in [0.25, 0.3) is 0 Å². The minimum absolute atomic E-state index is 0.000575. The molecule has 5 heteroatoms. The number of carbonyl (C=O) groups is 1. The smallest absolute Gasteiger partial charge is 0.185 e. The topological polar surface area (TPSA) is 40.9 Å². The first kappa shape index (κ1) is 14.2. The van der Waals surface area contributed by atoms with E-state index < -0.39 is 11.6 Å². The van der Waals surface area contributed by atoms with Crippen LogP contribution in [0.2, 0.25) is 0 Å². The Balaban J connectivity index is 2.79. The van der Waals surface area contributed by atoms with E-state index in [-0.39, 0.29) is 16.2 Å². The molecule has 0 atom stereocenters. The maximum absolute atomic E-state index is 13.0. The molecule has 2 nitrogen and oxygen atoms in total. The maximum atomic E-state index is 13.0. The predicted molar refractivity (Wildman–Crippen MR) is 65.7 cm³/mol. The van der Waals surface area contributed by atoms with E-state index in [1.807, 2.05) is 0 Å². The predicted octanol–water partition coefficient (Wildman–Crippen LogP) is 2.86. The molecule has 1 aromatic carbocycles. The van der Waals surface area contributed by atoms with Gasteiger partial charge in [0.05, 0.1) is 5.56 Å². The lowest BCUT2D eigenvalue weighted by atomic mass is 10.1. The monoisotopic (exact) mass is 265 g/mol. The van der Waals surface area contributed by atoms with Crippen LogP contribution in [-0.2, 0) is 4.79 Å². The largest absolute Gasteiger partial charge is 0.288 e. The summed E-state index contributed by atoms with van der Waals surface area (Å²) in [5, 5.41) is 8.76. The molecule has 0 radical (unpaired) electrons. The van der Waals surface area contributed by atoms with Gasteiger partial charge in [0, 0.05) is 24.7 Å². The molecule has 0 aliphatic heterocycles. The molecule has 0 aliphatic carbocycles. The molecule has 0 saturated heterocycles. The Morgan fingerprint density at radius 2 is 1.94 bits per heavy atom. The van der Waals surface area contributed by atoms with E-state index in [0.29, 0.717) is 12.2 Å². The van der Waals surface area contributed by atoms with Crippen molar-refractivity contribution in [3.8, 4) is 17.9 Å². The molecule has 0 saturated carbocycles. The van der Waals surface area contributed by atoms with Gasteiger partial charge < -0.3 is 0 Å². The average Bonchev–Trinajstić information content (AvgIpc) is 2.32. The molecule has 0 bridgehead atoms. The molecule has 0 aliphatic rings. The summed E-state index contributed by atoms with van der Waals surface area (Å²) >= 11 is 1.14. The van der Waals surface area contributed by atoms with Crippen molar-refractivity contribution in [1.82, 2.24) is 0 Å². The Kier molecular flexibility index (Phi) is 5.35. The third-order valence-electron chi connectivity index (χ3n) is 1.94. The first-order valence-corrected chi connectivity index (χ1v) is 6.04. The highest BCUT2D eigenvalue weighted by Gasteiger charge is 2.07. The lowest BCUT2D eigenvalue weighted by molar-refractivity contribution is -0.109. The molecule has 1 rings (SSSR count). The highest BCUT2D eigenvalue weighted by atomic mass is 32.2. The van der Waals surface area contributed by atoms with Crippen molar-refractivity contribution in [3.05, 3.63) is 34.9 Å². The van der Waals surface area contributed by atoms with E-state index in [9.17, 15) is 13.6 Å². The summed E-state index contributed by atoms with van der Waals surface area (Å²) in [5.41, 5.74) is 0.157. The molecule has 0 spiro atoms. The van der Waals surface area contributed by atoms with Crippen LogP contribution in [0.15, 0.2) is 12.1 Å². The summed E-state index contributed by atoms with van der Waals surface area (Å²) in [4.78, 5) is 10.6. The van der Waals surface area contributed by atoms with Gasteiger partial charge >= 0.3 is 0 Å². The number of nitriles is 1. The molecule has 0 amide bonds. The van der Waals surface area contributed by atoms with Gasteiger partial charge in [0.15, 0.2) is 16.7 Å². The maximum Gasteiger partial charge on any atom is 0.185 e. The molecule has 0 heterocycles. The van der Waals surface area contributed by atoms with E-state index >= 15 is 0 Å². The fourth-order valence-electron chi connectivity index (χ4n) is 1.15. The van der Waals surface area contributed by atoms with Crippen molar-refractivity contribution in [3.63, 3.8) is 0 Å². The van der Waals surface area contributed by atoms with Gasteiger partial charge in [-0.3, -0.25) is 4.79 Å². The van der Waals surface area contributed by atoms with Gasteiger partial charge in [-0.2, -0.15) is 5.26 Å². The highest BCUT2D eigenvalue weighted by molar-refractivity contribution is 8.13. The van der Waals surface area contributed by atoms with Gasteiger partial charge in [-0.05, 0) is 12.1 Å². The SMILES string of the molecule is CC(=O)SCCC#Cc1cc(F)c(F)cc1C#N. The van der Waals surface area contributed by atoms with E-state index in [4.69, 9.17) is 5.26 Å². The second kappa shape index (κ2) is 6.78. The molecule has 92 valence electrons. The Labute approximate surface area is 108 Å². The number of hydrogen-bond donors (Lipinski definition) is 0. The lowest BCUT2D eigenvalue weighted by Crippen LogP contribution is -1.91. The molecule has 18 heavy (non-hydrogen) atoms. The van der Waals surface area contributed by atoms with Crippen LogP contribution in [0.4, 0.5) is 8.78 Å². The van der Waals surface area contributed by atoms with Crippen LogP contribution in [0.5, 0.6) is 0 Å². The number of halogens is 2. The van der Waals surface area contributed by atoms with Gasteiger partial charge in [-0.25, -0.2) is 8.78 Å². The molecule has 0 unspecified atom stereocenters. The van der Waals surface area contributed by atoms with Crippen molar-refractivity contribution in [1.29, 1.82) is 5.26 Å². The zero-order chi connectivity index (χ0) is 13.5. The third-order valence-corrected chi connectivity index (χ3v) is 2.75. The second-order valence-electron chi connectivity index (χ2n) is 3.32. The standard InChI is InChI=1S/C13H9F2NOS/c1-9(17)18-5-3-2-4-10-6-12(14)13(15)7-11(10)8-16/h6-7H,3,5H2,1H3. The van der Waals surface area contributed by atoms with Gasteiger partial charge in [-0.1, -0.05) is 23.6 Å². The van der Waals surface area contributed by atoms with Crippen LogP contribution in [0.3, 0.4) is 0 Å². The summed E-state index contributed by atoms with van der Waals surface area (Å²) in [5.74, 6) is 3.76. The van der Waals surface area contributed by atoms with Crippen molar-refractivity contribution < 1.29 is 13.6 Å². The van der Waals surface area contributed by atoms with Crippen LogP contribution in [0.1, 0.15) is 24.5 Å². The van der Waals surface area contributed by atoms with Gasteiger partial charge in [0.1, 0.15) is 6.07 Å². The van der Waals surface area contributed by atoms with E-state index in [1.54, 1.807) is 6.07 Å². The Hall–Kier alpha value is -1.85. The molecular formula is C13H9F2NOS. The number of benzene rings is 1. The van der Waals surface area contributed by atoms with Gasteiger partial charge in [-0.15, -0.1) is 0 Å². The van der Waals surface area contributed by atoms with Crippen molar-refractivity contribution in [2.24, 2.45) is 0 Å². The minimum atomic E-state index is -1.07. The van der Waals surface area contributed by atoms with Crippen LogP contribution < -0.4 is 0 Å². The van der Waals surface area contributed by atoms with E-state index in [2.05, 4.69) is 11.8 Å². The van der Waals surface area contributed by atoms with E-state index in [0.717, 1.165) is 23.9 Å². The Morgan fingerprint density at radius 3 is 2.50 bits per heavy atom. The second-order valence-corrected chi connectivity index (χ2v) is 4.59. The quantitative estimate of drug-likeness (QED) is 0.610. The van der Waals surface area contributed by atoms with Gasteiger partial charge in [0.2, 0.25) is 0 Å². The Bertz CT molecular complexity index is 567. The molecule has 1 aromatic rings. The van der Waals surface area contributed by atoms with Crippen molar-refractivity contribution in [2.75, 3.05) is 5.75 Å². The molecule has 0 aromatic heterocycles. The minimum Gasteiger partial charge on any atom is -0.288 e. The number of nitrogens with zero attached hydrogens (tertiary/aromatic N) is 1. The van der Waals surface area contributed by atoms with Crippen LogP contribution >= 0.6 is 11.8 Å². The summed E-state index contributed by atoms with van der Waals surface area (Å²) in [6, 6.07) is 3.48. The van der Waals surface area contributed by atoms with Crippen molar-refractivity contribution >= 4 is 16.9 Å². The van der Waals surface area contributed by atoms with E-state index in [1.165, 1.54) is 6.92 Å². The highest BCUT2D eigenvalue weighted by Crippen LogP contribution is 2.13. The number of thioether (sulfide) groups is 1. The lowest BCUT2D eigenvalue weighted by Gasteiger charge is -1.97. The zero-order valence-electron chi connectivity index (χ0n) is 9.59. The summed E-state index contributed by atoms with van der Waals surface area (Å²) < 4.78 is 25.8. The Morgan fingerprint density at radius 1 is 1.33 bits per heavy atom. The van der Waals surface area contributed by atoms with Crippen molar-refractivity contribution in [2.45, 2.75) is 13.3 Å². The number of hydrogen-bond acceptors (Lipinski definition) is 3. The summed E-state index contributed by atoms with van der Waals surface area (Å²) in [6.45, 7) is 1.46. The molecule has 0 N–H and O–H groups in total. The van der Waals surface area contributed by atoms with Crippen LogP contribution in [-0.4, -0.2) is 10.9 Å². The fraction of sp³-hybridized carbons (Fsp3) is 0.231. The first-order valence-electron chi connectivity index (χ1n) is 5.06. The zero-order valence-corrected chi connectivity index (χ0v) is 10.4. The fourth-order valence-corrected chi connectivity index (χ4v) is 1.64. The molecule has 0 fully saturated rings. The number of rotatable bonds is 2. The first-order chi connectivity index (χ1) is 8.54. The molecular weight excluding hydrogens is 256 g/mol.